The third-order valence-corrected chi connectivity index (χ3v) is 5.62. The summed E-state index contributed by atoms with van der Waals surface area (Å²) in [5.41, 5.74) is 2.59. The predicted octanol–water partition coefficient (Wildman–Crippen LogP) is 5.11. The van der Waals surface area contributed by atoms with Crippen LogP contribution < -0.4 is 14.2 Å². The average Bonchev–Trinajstić information content (AvgIpc) is 3.37. The highest BCUT2D eigenvalue weighted by Crippen LogP contribution is 2.29. The van der Waals surface area contributed by atoms with Crippen molar-refractivity contribution in [2.24, 2.45) is 7.05 Å². The molecule has 2 heterocycles. The molecule has 0 fully saturated rings. The van der Waals surface area contributed by atoms with Crippen molar-refractivity contribution in [1.29, 1.82) is 0 Å². The van der Waals surface area contributed by atoms with Crippen LogP contribution in [-0.4, -0.2) is 27.7 Å². The molecule has 0 saturated heterocycles. The zero-order valence-corrected chi connectivity index (χ0v) is 19.8. The number of hydrogen-bond donors (Lipinski definition) is 1. The number of ether oxygens (including phenoxy) is 3. The molecule has 4 rings (SSSR count). The number of aliphatic carboxylic acids is 1. The highest BCUT2D eigenvalue weighted by molar-refractivity contribution is 9.10. The third kappa shape index (κ3) is 5.48. The summed E-state index contributed by atoms with van der Waals surface area (Å²) in [5.74, 6) is 2.45. The van der Waals surface area contributed by atoms with Crippen molar-refractivity contribution >= 4 is 32.9 Å². The van der Waals surface area contributed by atoms with Gasteiger partial charge in [-0.05, 0) is 58.2 Å². The lowest BCUT2D eigenvalue weighted by Gasteiger charge is -2.13. The second kappa shape index (κ2) is 9.99. The maximum absolute atomic E-state index is 11.0. The summed E-state index contributed by atoms with van der Waals surface area (Å²) >= 11 is 3.27. The van der Waals surface area contributed by atoms with Gasteiger partial charge in [-0.2, -0.15) is 0 Å². The summed E-state index contributed by atoms with van der Waals surface area (Å²) in [6.07, 6.45) is 0.353. The fourth-order valence-electron chi connectivity index (χ4n) is 3.41. The standard InChI is InChI=1S/C24H23BrN2O6/c1-27-20-11-16(30-2)6-8-19(20)26-23(27)14-31-17-5-3-15(4-10-24(28)29)21(12-17)32-13-18-7-9-22(25)33-18/h3,5-9,11-12H,4,10,13-14H2,1-2H3,(H,28,29). The molecule has 0 saturated carbocycles. The van der Waals surface area contributed by atoms with Crippen molar-refractivity contribution < 1.29 is 28.5 Å². The molecule has 172 valence electrons. The molecule has 33 heavy (non-hydrogen) atoms. The molecular weight excluding hydrogens is 492 g/mol. The Morgan fingerprint density at radius 1 is 1.09 bits per heavy atom. The highest BCUT2D eigenvalue weighted by atomic mass is 79.9. The summed E-state index contributed by atoms with van der Waals surface area (Å²) in [4.78, 5) is 15.7. The number of carbonyl (C=O) groups is 1. The van der Waals surface area contributed by atoms with E-state index in [-0.39, 0.29) is 19.6 Å². The van der Waals surface area contributed by atoms with Gasteiger partial charge in [-0.15, -0.1) is 0 Å². The van der Waals surface area contributed by atoms with Crippen LogP contribution in [0.2, 0.25) is 0 Å². The minimum atomic E-state index is -0.866. The summed E-state index contributed by atoms with van der Waals surface area (Å²) in [7, 11) is 3.56. The Hall–Kier alpha value is -3.46. The maximum Gasteiger partial charge on any atom is 0.303 e. The monoisotopic (exact) mass is 514 g/mol. The number of rotatable bonds is 10. The highest BCUT2D eigenvalue weighted by Gasteiger charge is 2.13. The molecule has 2 aromatic carbocycles. The second-order valence-electron chi connectivity index (χ2n) is 7.39. The molecule has 0 radical (unpaired) electrons. The van der Waals surface area contributed by atoms with Gasteiger partial charge in [-0.3, -0.25) is 4.79 Å². The van der Waals surface area contributed by atoms with E-state index in [1.807, 2.05) is 41.9 Å². The molecule has 8 nitrogen and oxygen atoms in total. The Balaban J connectivity index is 1.51. The van der Waals surface area contributed by atoms with E-state index >= 15 is 0 Å². The molecule has 0 spiro atoms. The van der Waals surface area contributed by atoms with E-state index in [1.54, 1.807) is 25.3 Å². The fourth-order valence-corrected chi connectivity index (χ4v) is 3.75. The van der Waals surface area contributed by atoms with E-state index in [2.05, 4.69) is 20.9 Å². The lowest BCUT2D eigenvalue weighted by atomic mass is 10.1. The number of furan rings is 1. The Bertz CT molecular complexity index is 1280. The topological polar surface area (TPSA) is 96.0 Å². The third-order valence-electron chi connectivity index (χ3n) is 5.19. The van der Waals surface area contributed by atoms with E-state index in [0.29, 0.717) is 28.3 Å². The SMILES string of the molecule is COc1ccc2nc(COc3ccc(CCC(=O)O)c(OCc4ccc(Br)o4)c3)n(C)c2c1. The number of aromatic nitrogens is 2. The maximum atomic E-state index is 11.0. The van der Waals surface area contributed by atoms with Gasteiger partial charge in [0, 0.05) is 25.6 Å². The van der Waals surface area contributed by atoms with Gasteiger partial charge in [0.15, 0.2) is 4.67 Å². The van der Waals surface area contributed by atoms with E-state index in [1.165, 1.54) is 0 Å². The molecule has 0 bridgehead atoms. The Morgan fingerprint density at radius 3 is 2.64 bits per heavy atom. The Kier molecular flexibility index (Phi) is 6.88. The summed E-state index contributed by atoms with van der Waals surface area (Å²) in [6.45, 7) is 0.467. The minimum Gasteiger partial charge on any atom is -0.497 e. The lowest BCUT2D eigenvalue weighted by Crippen LogP contribution is -2.05. The fraction of sp³-hybridized carbons (Fsp3) is 0.250. The van der Waals surface area contributed by atoms with E-state index in [9.17, 15) is 4.79 Å². The van der Waals surface area contributed by atoms with Crippen LogP contribution in [0.3, 0.4) is 0 Å². The van der Waals surface area contributed by atoms with Crippen LogP contribution in [0.1, 0.15) is 23.6 Å². The van der Waals surface area contributed by atoms with E-state index in [0.717, 1.165) is 28.2 Å². The molecular formula is C24H23BrN2O6. The molecule has 0 unspecified atom stereocenters. The number of carboxylic acid groups (broad SMARTS) is 1. The van der Waals surface area contributed by atoms with Crippen molar-refractivity contribution in [3.05, 3.63) is 70.3 Å². The van der Waals surface area contributed by atoms with Gasteiger partial charge in [0.1, 0.15) is 42.0 Å². The number of benzene rings is 2. The van der Waals surface area contributed by atoms with Crippen LogP contribution in [0, 0.1) is 0 Å². The Labute approximate surface area is 198 Å². The first-order valence-corrected chi connectivity index (χ1v) is 11.1. The molecule has 4 aromatic rings. The second-order valence-corrected chi connectivity index (χ2v) is 8.17. The van der Waals surface area contributed by atoms with Gasteiger partial charge in [-0.1, -0.05) is 6.07 Å². The number of aryl methyl sites for hydroxylation is 2. The van der Waals surface area contributed by atoms with Crippen LogP contribution in [-0.2, 0) is 31.5 Å². The van der Waals surface area contributed by atoms with Crippen LogP contribution in [0.4, 0.5) is 0 Å². The van der Waals surface area contributed by atoms with Crippen molar-refractivity contribution in [3.8, 4) is 17.2 Å². The molecule has 0 atom stereocenters. The first-order chi connectivity index (χ1) is 15.9. The lowest BCUT2D eigenvalue weighted by molar-refractivity contribution is -0.136. The van der Waals surface area contributed by atoms with Crippen molar-refractivity contribution in [3.63, 3.8) is 0 Å². The summed E-state index contributed by atoms with van der Waals surface area (Å²) in [5, 5.41) is 9.06. The number of imidazole rings is 1. The first-order valence-electron chi connectivity index (χ1n) is 10.3. The molecule has 1 N–H and O–H groups in total. The van der Waals surface area contributed by atoms with Crippen LogP contribution in [0.15, 0.2) is 57.6 Å². The zero-order chi connectivity index (χ0) is 23.4. The molecule has 0 amide bonds. The normalized spacial score (nSPS) is 11.0. The van der Waals surface area contributed by atoms with Crippen molar-refractivity contribution in [2.45, 2.75) is 26.1 Å². The van der Waals surface area contributed by atoms with Crippen LogP contribution in [0.25, 0.3) is 11.0 Å². The molecule has 0 aliphatic rings. The largest absolute Gasteiger partial charge is 0.497 e. The predicted molar refractivity (Wildman–Crippen MR) is 125 cm³/mol. The van der Waals surface area contributed by atoms with Crippen LogP contribution >= 0.6 is 15.9 Å². The minimum absolute atomic E-state index is 0.00614. The van der Waals surface area contributed by atoms with Gasteiger partial charge in [0.2, 0.25) is 0 Å². The number of nitrogens with zero attached hydrogens (tertiary/aromatic N) is 2. The summed E-state index contributed by atoms with van der Waals surface area (Å²) < 4.78 is 25.3. The summed E-state index contributed by atoms with van der Waals surface area (Å²) in [6, 6.07) is 14.7. The Morgan fingerprint density at radius 2 is 1.91 bits per heavy atom. The van der Waals surface area contributed by atoms with E-state index < -0.39 is 5.97 Å². The van der Waals surface area contributed by atoms with E-state index in [4.69, 9.17) is 23.7 Å². The first kappa shape index (κ1) is 22.7. The van der Waals surface area contributed by atoms with Crippen LogP contribution in [0.5, 0.6) is 17.2 Å². The molecule has 0 aliphatic carbocycles. The van der Waals surface area contributed by atoms with Crippen molar-refractivity contribution in [2.75, 3.05) is 7.11 Å². The molecule has 0 aliphatic heterocycles. The smallest absolute Gasteiger partial charge is 0.303 e. The number of methoxy groups -OCH3 is 1. The van der Waals surface area contributed by atoms with Gasteiger partial charge in [0.25, 0.3) is 0 Å². The quantitative estimate of drug-likeness (QED) is 0.314. The zero-order valence-electron chi connectivity index (χ0n) is 18.2. The molecule has 9 heteroatoms. The number of fused-ring (bicyclic) bond motifs is 1. The molecule has 2 aromatic heterocycles. The van der Waals surface area contributed by atoms with Crippen molar-refractivity contribution in [1.82, 2.24) is 9.55 Å². The number of hydrogen-bond acceptors (Lipinski definition) is 6. The average molecular weight is 515 g/mol. The van der Waals surface area contributed by atoms with Gasteiger partial charge < -0.3 is 28.3 Å². The number of halogens is 1. The van der Waals surface area contributed by atoms with Gasteiger partial charge >= 0.3 is 5.97 Å². The van der Waals surface area contributed by atoms with Gasteiger partial charge in [0.05, 0.1) is 18.1 Å². The van der Waals surface area contributed by atoms with Gasteiger partial charge in [-0.25, -0.2) is 4.98 Å². The number of carboxylic acids is 1.